The van der Waals surface area contributed by atoms with Gasteiger partial charge in [-0.05, 0) is 49.9 Å². The smallest absolute Gasteiger partial charge is 0.328 e. The molecule has 106 valence electrons. The molecule has 1 saturated heterocycles. The minimum absolute atomic E-state index is 0.107. The molecule has 5 heteroatoms. The van der Waals surface area contributed by atoms with Crippen molar-refractivity contribution in [2.24, 2.45) is 0 Å². The fraction of sp³-hybridized carbons (Fsp3) is 0.467. The largest absolute Gasteiger partial charge is 0.464 e. The van der Waals surface area contributed by atoms with Crippen molar-refractivity contribution in [3.63, 3.8) is 0 Å². The lowest BCUT2D eigenvalue weighted by Gasteiger charge is -2.34. The Bertz CT molecular complexity index is 611. The van der Waals surface area contributed by atoms with Gasteiger partial charge in [0, 0.05) is 11.9 Å². The van der Waals surface area contributed by atoms with Crippen LogP contribution in [-0.4, -0.2) is 29.5 Å². The van der Waals surface area contributed by atoms with E-state index in [0.29, 0.717) is 6.61 Å². The van der Waals surface area contributed by atoms with Gasteiger partial charge in [-0.15, -0.1) is 0 Å². The van der Waals surface area contributed by atoms with Crippen molar-refractivity contribution in [2.75, 3.05) is 18.1 Å². The number of piperidine rings is 1. The molecule has 0 radical (unpaired) electrons. The lowest BCUT2D eigenvalue weighted by Crippen LogP contribution is -2.45. The molecule has 0 bridgehead atoms. The number of aromatic nitrogens is 1. The van der Waals surface area contributed by atoms with Gasteiger partial charge in [0.25, 0.3) is 0 Å². The molecule has 1 aromatic carbocycles. The number of hydrogen-bond acceptors (Lipinski definition) is 5. The highest BCUT2D eigenvalue weighted by Gasteiger charge is 2.31. The summed E-state index contributed by atoms with van der Waals surface area (Å²) in [5.41, 5.74) is 1.00. The lowest BCUT2D eigenvalue weighted by molar-refractivity contribution is -0.145. The van der Waals surface area contributed by atoms with Crippen molar-refractivity contribution in [2.45, 2.75) is 32.2 Å². The van der Waals surface area contributed by atoms with Crippen molar-refractivity contribution in [1.29, 1.82) is 0 Å². The van der Waals surface area contributed by atoms with Crippen LogP contribution >= 0.6 is 11.5 Å². The number of benzene rings is 1. The number of anilines is 1. The van der Waals surface area contributed by atoms with E-state index >= 15 is 0 Å². The fourth-order valence-electron chi connectivity index (χ4n) is 2.74. The summed E-state index contributed by atoms with van der Waals surface area (Å²) in [6, 6.07) is 7.94. The second-order valence-corrected chi connectivity index (χ2v) is 5.71. The fourth-order valence-corrected chi connectivity index (χ4v) is 3.68. The van der Waals surface area contributed by atoms with Gasteiger partial charge in [0.1, 0.15) is 11.0 Å². The Kier molecular flexibility index (Phi) is 3.87. The van der Waals surface area contributed by atoms with Crippen LogP contribution < -0.4 is 4.90 Å². The molecule has 0 N–H and O–H groups in total. The topological polar surface area (TPSA) is 42.4 Å². The summed E-state index contributed by atoms with van der Waals surface area (Å²) in [7, 11) is 0. The first-order valence-electron chi connectivity index (χ1n) is 7.09. The Labute approximate surface area is 122 Å². The Hall–Kier alpha value is -1.62. The first kappa shape index (κ1) is 13.4. The quantitative estimate of drug-likeness (QED) is 0.814. The van der Waals surface area contributed by atoms with Gasteiger partial charge in [-0.1, -0.05) is 12.1 Å². The van der Waals surface area contributed by atoms with Crippen molar-refractivity contribution in [3.05, 3.63) is 24.3 Å². The van der Waals surface area contributed by atoms with Gasteiger partial charge in [0.2, 0.25) is 0 Å². The number of ether oxygens (including phenoxy) is 1. The van der Waals surface area contributed by atoms with E-state index in [1.54, 1.807) is 0 Å². The molecule has 2 heterocycles. The Balaban J connectivity index is 1.95. The third-order valence-electron chi connectivity index (χ3n) is 3.69. The molecular formula is C15H18N2O2S. The van der Waals surface area contributed by atoms with E-state index in [-0.39, 0.29) is 12.0 Å². The van der Waals surface area contributed by atoms with Crippen LogP contribution in [0.3, 0.4) is 0 Å². The summed E-state index contributed by atoms with van der Waals surface area (Å²) in [6.45, 7) is 3.19. The van der Waals surface area contributed by atoms with Crippen LogP contribution in [0.1, 0.15) is 26.2 Å². The molecule has 3 rings (SSSR count). The first-order chi connectivity index (χ1) is 9.81. The van der Waals surface area contributed by atoms with E-state index in [9.17, 15) is 4.79 Å². The molecule has 0 amide bonds. The second kappa shape index (κ2) is 5.79. The van der Waals surface area contributed by atoms with Crippen LogP contribution in [0.25, 0.3) is 10.9 Å². The monoisotopic (exact) mass is 290 g/mol. The molecule has 1 aliphatic heterocycles. The maximum atomic E-state index is 12.2. The van der Waals surface area contributed by atoms with Gasteiger partial charge in [-0.3, -0.25) is 0 Å². The number of esters is 1. The summed E-state index contributed by atoms with van der Waals surface area (Å²) < 4.78 is 9.71. The highest BCUT2D eigenvalue weighted by Crippen LogP contribution is 2.35. The van der Waals surface area contributed by atoms with E-state index < -0.39 is 0 Å². The zero-order chi connectivity index (χ0) is 13.9. The number of fused-ring (bicyclic) bond motifs is 1. The number of nitrogens with zero attached hydrogens (tertiary/aromatic N) is 2. The molecular weight excluding hydrogens is 272 g/mol. The predicted molar refractivity (Wildman–Crippen MR) is 81.2 cm³/mol. The summed E-state index contributed by atoms with van der Waals surface area (Å²) in [5, 5.41) is 2.23. The van der Waals surface area contributed by atoms with E-state index in [2.05, 4.69) is 15.3 Å². The standard InChI is InChI=1S/C15H18N2O2S/c1-2-19-15(18)13-9-5-6-10-17(13)14-11-7-3-4-8-12(11)16-20-14/h3-4,7-8,13H,2,5-6,9-10H2,1H3. The molecule has 1 aliphatic rings. The average molecular weight is 290 g/mol. The van der Waals surface area contributed by atoms with Crippen LogP contribution in [0.2, 0.25) is 0 Å². The number of carbonyl (C=O) groups is 1. The van der Waals surface area contributed by atoms with Crippen molar-refractivity contribution >= 4 is 33.4 Å². The highest BCUT2D eigenvalue weighted by atomic mass is 32.1. The normalized spacial score (nSPS) is 19.2. The van der Waals surface area contributed by atoms with E-state index in [4.69, 9.17) is 4.74 Å². The molecule has 0 saturated carbocycles. The lowest BCUT2D eigenvalue weighted by atomic mass is 10.0. The summed E-state index contributed by atoms with van der Waals surface area (Å²) >= 11 is 1.48. The van der Waals surface area contributed by atoms with Gasteiger partial charge in [-0.2, -0.15) is 4.37 Å². The number of carbonyl (C=O) groups excluding carboxylic acids is 1. The van der Waals surface area contributed by atoms with E-state index in [1.165, 1.54) is 11.5 Å². The predicted octanol–water partition coefficient (Wildman–Crippen LogP) is 3.22. The second-order valence-electron chi connectivity index (χ2n) is 4.96. The molecule has 0 aliphatic carbocycles. The van der Waals surface area contributed by atoms with Crippen LogP contribution in [0.5, 0.6) is 0 Å². The van der Waals surface area contributed by atoms with Crippen LogP contribution in [0.4, 0.5) is 5.00 Å². The zero-order valence-electron chi connectivity index (χ0n) is 11.5. The van der Waals surface area contributed by atoms with Crippen LogP contribution in [-0.2, 0) is 9.53 Å². The van der Waals surface area contributed by atoms with Crippen LogP contribution in [0.15, 0.2) is 24.3 Å². The SMILES string of the molecule is CCOC(=O)C1CCCCN1c1snc2ccccc12. The first-order valence-corrected chi connectivity index (χ1v) is 7.86. The molecule has 2 aromatic rings. The van der Waals surface area contributed by atoms with Gasteiger partial charge in [0.05, 0.1) is 12.1 Å². The number of rotatable bonds is 3. The van der Waals surface area contributed by atoms with Gasteiger partial charge >= 0.3 is 5.97 Å². The summed E-state index contributed by atoms with van der Waals surface area (Å²) in [4.78, 5) is 14.3. The minimum Gasteiger partial charge on any atom is -0.464 e. The maximum absolute atomic E-state index is 12.2. The Morgan fingerprint density at radius 1 is 1.45 bits per heavy atom. The molecule has 20 heavy (non-hydrogen) atoms. The third kappa shape index (κ3) is 2.38. The van der Waals surface area contributed by atoms with Gasteiger partial charge in [0.15, 0.2) is 0 Å². The maximum Gasteiger partial charge on any atom is 0.328 e. The van der Waals surface area contributed by atoms with E-state index in [1.807, 2.05) is 25.1 Å². The third-order valence-corrected chi connectivity index (χ3v) is 4.60. The molecule has 1 atom stereocenters. The van der Waals surface area contributed by atoms with Crippen LogP contribution in [0, 0.1) is 0 Å². The van der Waals surface area contributed by atoms with Crippen molar-refractivity contribution < 1.29 is 9.53 Å². The minimum atomic E-state index is -0.160. The van der Waals surface area contributed by atoms with Crippen molar-refractivity contribution in [1.82, 2.24) is 4.37 Å². The molecule has 4 nitrogen and oxygen atoms in total. The molecule has 1 aromatic heterocycles. The summed E-state index contributed by atoms with van der Waals surface area (Å²) in [5.74, 6) is -0.107. The van der Waals surface area contributed by atoms with Crippen molar-refractivity contribution in [3.8, 4) is 0 Å². The number of hydrogen-bond donors (Lipinski definition) is 0. The highest BCUT2D eigenvalue weighted by molar-refractivity contribution is 7.11. The zero-order valence-corrected chi connectivity index (χ0v) is 12.4. The average Bonchev–Trinajstić information content (AvgIpc) is 2.91. The Morgan fingerprint density at radius 3 is 3.15 bits per heavy atom. The molecule has 1 fully saturated rings. The Morgan fingerprint density at radius 2 is 2.30 bits per heavy atom. The molecule has 1 unspecified atom stereocenters. The van der Waals surface area contributed by atoms with Gasteiger partial charge < -0.3 is 9.64 Å². The molecule has 0 spiro atoms. The van der Waals surface area contributed by atoms with Gasteiger partial charge in [-0.25, -0.2) is 4.79 Å². The van der Waals surface area contributed by atoms with E-state index in [0.717, 1.165) is 41.7 Å². The summed E-state index contributed by atoms with van der Waals surface area (Å²) in [6.07, 6.45) is 3.06.